The van der Waals surface area contributed by atoms with Crippen LogP contribution in [0.3, 0.4) is 0 Å². The second-order valence-corrected chi connectivity index (χ2v) is 8.29. The topological polar surface area (TPSA) is 92.1 Å². The Kier molecular flexibility index (Phi) is 6.78. The smallest absolute Gasteiger partial charge is 0.290 e. The Morgan fingerprint density at radius 3 is 2.56 bits per heavy atom. The minimum absolute atomic E-state index is 0.000948. The molecule has 170 valence electrons. The first-order chi connectivity index (χ1) is 15.6. The molecule has 1 aromatic carbocycles. The molecule has 2 aliphatic rings. The first kappa shape index (κ1) is 21.9. The van der Waals surface area contributed by atoms with E-state index in [0.29, 0.717) is 51.1 Å². The van der Waals surface area contributed by atoms with E-state index in [1.54, 1.807) is 24.1 Å². The van der Waals surface area contributed by atoms with Crippen LogP contribution in [0.2, 0.25) is 0 Å². The molecule has 2 saturated heterocycles. The molecular weight excluding hydrogens is 410 g/mol. The second-order valence-electron chi connectivity index (χ2n) is 8.29. The van der Waals surface area contributed by atoms with Crippen molar-refractivity contribution in [1.82, 2.24) is 15.1 Å². The molecule has 3 heterocycles. The van der Waals surface area contributed by atoms with E-state index in [0.717, 1.165) is 12.0 Å². The number of nitrogens with zero attached hydrogens (tertiary/aromatic N) is 2. The van der Waals surface area contributed by atoms with E-state index in [4.69, 9.17) is 9.15 Å². The van der Waals surface area contributed by atoms with Crippen molar-refractivity contribution < 1.29 is 23.5 Å². The maximum Gasteiger partial charge on any atom is 0.290 e. The van der Waals surface area contributed by atoms with Crippen LogP contribution in [0.25, 0.3) is 0 Å². The summed E-state index contributed by atoms with van der Waals surface area (Å²) in [5, 5.41) is 3.10. The van der Waals surface area contributed by atoms with E-state index in [-0.39, 0.29) is 29.5 Å². The summed E-state index contributed by atoms with van der Waals surface area (Å²) >= 11 is 0. The number of carbonyl (C=O) groups excluding carboxylic acids is 3. The van der Waals surface area contributed by atoms with E-state index in [1.165, 1.54) is 6.26 Å². The van der Waals surface area contributed by atoms with Crippen LogP contribution in [0.4, 0.5) is 0 Å². The lowest BCUT2D eigenvalue weighted by molar-refractivity contribution is -0.131. The summed E-state index contributed by atoms with van der Waals surface area (Å²) in [6.45, 7) is 1.74. The standard InChI is InChI=1S/C24H29N3O5/c1-31-20-8-3-2-6-17(20)16-22(28)26-13-10-18(11-14-26)25-23(29)19-7-4-12-27(19)24(30)21-9-5-15-32-21/h2-3,5-6,8-9,15,18-19H,4,7,10-14,16H2,1H3,(H,25,29). The zero-order chi connectivity index (χ0) is 22.5. The zero-order valence-electron chi connectivity index (χ0n) is 18.3. The Morgan fingerprint density at radius 2 is 1.84 bits per heavy atom. The average molecular weight is 440 g/mol. The average Bonchev–Trinajstić information content (AvgIpc) is 3.52. The highest BCUT2D eigenvalue weighted by Gasteiger charge is 2.36. The van der Waals surface area contributed by atoms with Crippen molar-refractivity contribution in [2.75, 3.05) is 26.7 Å². The van der Waals surface area contributed by atoms with Crippen molar-refractivity contribution >= 4 is 17.7 Å². The minimum atomic E-state index is -0.474. The van der Waals surface area contributed by atoms with Crippen LogP contribution in [0, 0.1) is 0 Å². The normalized spacial score (nSPS) is 19.1. The maximum absolute atomic E-state index is 12.9. The Labute approximate surface area is 187 Å². The van der Waals surface area contributed by atoms with Crippen LogP contribution >= 0.6 is 0 Å². The number of amides is 3. The van der Waals surface area contributed by atoms with Gasteiger partial charge in [-0.25, -0.2) is 0 Å². The van der Waals surface area contributed by atoms with Gasteiger partial charge in [0.1, 0.15) is 11.8 Å². The molecule has 32 heavy (non-hydrogen) atoms. The molecule has 4 rings (SSSR count). The molecule has 1 unspecified atom stereocenters. The van der Waals surface area contributed by atoms with Gasteiger partial charge < -0.3 is 24.3 Å². The summed E-state index contributed by atoms with van der Waals surface area (Å²) in [4.78, 5) is 41.7. The molecule has 1 aromatic heterocycles. The predicted octanol–water partition coefficient (Wildman–Crippen LogP) is 2.24. The number of ether oxygens (including phenoxy) is 1. The van der Waals surface area contributed by atoms with Crippen molar-refractivity contribution in [3.63, 3.8) is 0 Å². The molecule has 1 N–H and O–H groups in total. The second kappa shape index (κ2) is 9.89. The fraction of sp³-hybridized carbons (Fsp3) is 0.458. The van der Waals surface area contributed by atoms with Crippen LogP contribution in [0.15, 0.2) is 47.1 Å². The van der Waals surface area contributed by atoms with E-state index in [2.05, 4.69) is 5.32 Å². The van der Waals surface area contributed by atoms with Gasteiger partial charge in [-0.2, -0.15) is 0 Å². The number of hydrogen-bond donors (Lipinski definition) is 1. The van der Waals surface area contributed by atoms with Crippen LogP contribution in [-0.4, -0.2) is 66.3 Å². The first-order valence-electron chi connectivity index (χ1n) is 11.1. The molecule has 0 spiro atoms. The number of piperidine rings is 1. The number of furan rings is 1. The lowest BCUT2D eigenvalue weighted by atomic mass is 10.0. The molecule has 2 aromatic rings. The van der Waals surface area contributed by atoms with Gasteiger partial charge in [0.15, 0.2) is 5.76 Å². The molecule has 2 aliphatic heterocycles. The number of likely N-dealkylation sites (tertiary alicyclic amines) is 2. The van der Waals surface area contributed by atoms with Crippen molar-refractivity contribution in [3.8, 4) is 5.75 Å². The maximum atomic E-state index is 12.9. The molecule has 0 saturated carbocycles. The Bertz CT molecular complexity index is 950. The minimum Gasteiger partial charge on any atom is -0.496 e. The van der Waals surface area contributed by atoms with Gasteiger partial charge in [-0.1, -0.05) is 18.2 Å². The molecule has 3 amide bonds. The van der Waals surface area contributed by atoms with Gasteiger partial charge in [0.2, 0.25) is 11.8 Å². The molecule has 8 heteroatoms. The summed E-state index contributed by atoms with van der Waals surface area (Å²) in [6.07, 6.45) is 4.59. The monoisotopic (exact) mass is 439 g/mol. The predicted molar refractivity (Wildman–Crippen MR) is 117 cm³/mol. The number of hydrogen-bond acceptors (Lipinski definition) is 5. The quantitative estimate of drug-likeness (QED) is 0.745. The van der Waals surface area contributed by atoms with Gasteiger partial charge in [-0.3, -0.25) is 14.4 Å². The molecular formula is C24H29N3O5. The van der Waals surface area contributed by atoms with E-state index in [9.17, 15) is 14.4 Å². The largest absolute Gasteiger partial charge is 0.496 e. The molecule has 1 atom stereocenters. The number of nitrogens with one attached hydrogen (secondary N) is 1. The van der Waals surface area contributed by atoms with Gasteiger partial charge in [-0.05, 0) is 43.9 Å². The van der Waals surface area contributed by atoms with Gasteiger partial charge >= 0.3 is 0 Å². The van der Waals surface area contributed by atoms with Crippen molar-refractivity contribution in [2.45, 2.75) is 44.2 Å². The van der Waals surface area contributed by atoms with Crippen LogP contribution in [0.5, 0.6) is 5.75 Å². The number of carbonyl (C=O) groups is 3. The Morgan fingerprint density at radius 1 is 1.06 bits per heavy atom. The third-order valence-electron chi connectivity index (χ3n) is 6.28. The third kappa shape index (κ3) is 4.79. The molecule has 8 nitrogen and oxygen atoms in total. The highest BCUT2D eigenvalue weighted by Crippen LogP contribution is 2.22. The number of rotatable bonds is 6. The van der Waals surface area contributed by atoms with Gasteiger partial charge in [0.05, 0.1) is 19.8 Å². The summed E-state index contributed by atoms with van der Waals surface area (Å²) < 4.78 is 10.5. The zero-order valence-corrected chi connectivity index (χ0v) is 18.3. The van der Waals surface area contributed by atoms with Gasteiger partial charge in [0.25, 0.3) is 5.91 Å². The number of para-hydroxylation sites is 1. The molecule has 0 aliphatic carbocycles. The van der Waals surface area contributed by atoms with Gasteiger partial charge in [-0.15, -0.1) is 0 Å². The van der Waals surface area contributed by atoms with Gasteiger partial charge in [0, 0.05) is 31.2 Å². The highest BCUT2D eigenvalue weighted by molar-refractivity contribution is 5.96. The lowest BCUT2D eigenvalue weighted by Gasteiger charge is -2.33. The fourth-order valence-corrected chi connectivity index (χ4v) is 4.52. The van der Waals surface area contributed by atoms with E-state index >= 15 is 0 Å². The van der Waals surface area contributed by atoms with Crippen LogP contribution in [-0.2, 0) is 16.0 Å². The molecule has 2 fully saturated rings. The highest BCUT2D eigenvalue weighted by atomic mass is 16.5. The number of methoxy groups -OCH3 is 1. The van der Waals surface area contributed by atoms with E-state index < -0.39 is 6.04 Å². The lowest BCUT2D eigenvalue weighted by Crippen LogP contribution is -2.52. The molecule has 0 bridgehead atoms. The van der Waals surface area contributed by atoms with E-state index in [1.807, 2.05) is 29.2 Å². The summed E-state index contributed by atoms with van der Waals surface area (Å²) in [5.74, 6) is 0.663. The number of benzene rings is 1. The summed E-state index contributed by atoms with van der Waals surface area (Å²) in [5.41, 5.74) is 0.873. The first-order valence-corrected chi connectivity index (χ1v) is 11.1. The Balaban J connectivity index is 1.27. The van der Waals surface area contributed by atoms with Crippen molar-refractivity contribution in [2.24, 2.45) is 0 Å². The fourth-order valence-electron chi connectivity index (χ4n) is 4.52. The van der Waals surface area contributed by atoms with Crippen molar-refractivity contribution in [3.05, 3.63) is 54.0 Å². The Hall–Kier alpha value is -3.29. The summed E-state index contributed by atoms with van der Waals surface area (Å²) in [7, 11) is 1.60. The van der Waals surface area contributed by atoms with Crippen LogP contribution in [0.1, 0.15) is 41.8 Å². The summed E-state index contributed by atoms with van der Waals surface area (Å²) in [6, 6.07) is 10.4. The SMILES string of the molecule is COc1ccccc1CC(=O)N1CCC(NC(=O)C2CCCN2C(=O)c2ccco2)CC1. The van der Waals surface area contributed by atoms with Crippen molar-refractivity contribution in [1.29, 1.82) is 0 Å². The third-order valence-corrected chi connectivity index (χ3v) is 6.28. The molecule has 0 radical (unpaired) electrons. The van der Waals surface area contributed by atoms with Crippen LogP contribution < -0.4 is 10.1 Å².